The molecular formula is C28H37N5O. The van der Waals surface area contributed by atoms with Crippen LogP contribution in [0.1, 0.15) is 66.9 Å². The first kappa shape index (κ1) is 23.1. The Morgan fingerprint density at radius 1 is 1.03 bits per heavy atom. The Morgan fingerprint density at radius 2 is 1.79 bits per heavy atom. The van der Waals surface area contributed by atoms with Gasteiger partial charge in [-0.15, -0.1) is 0 Å². The molecule has 1 unspecified atom stereocenters. The second-order valence-corrected chi connectivity index (χ2v) is 10.1. The maximum absolute atomic E-state index is 6.47. The minimum atomic E-state index is -0.0476. The van der Waals surface area contributed by atoms with Crippen molar-refractivity contribution >= 4 is 22.4 Å². The molecule has 0 bridgehead atoms. The summed E-state index contributed by atoms with van der Waals surface area (Å²) in [6, 6.07) is 15.3. The summed E-state index contributed by atoms with van der Waals surface area (Å²) in [7, 11) is 5.99. The third-order valence-electron chi connectivity index (χ3n) is 7.37. The average Bonchev–Trinajstić information content (AvgIpc) is 3.72. The zero-order valence-electron chi connectivity index (χ0n) is 20.7. The highest BCUT2D eigenvalue weighted by atomic mass is 16.5. The molecular weight excluding hydrogens is 422 g/mol. The summed E-state index contributed by atoms with van der Waals surface area (Å²) in [5.41, 5.74) is 11.4. The number of fused-ring (bicyclic) bond motifs is 1. The van der Waals surface area contributed by atoms with Gasteiger partial charge >= 0.3 is 0 Å². The van der Waals surface area contributed by atoms with E-state index in [0.717, 1.165) is 60.5 Å². The molecule has 1 aromatic heterocycles. The lowest BCUT2D eigenvalue weighted by Crippen LogP contribution is -2.34. The van der Waals surface area contributed by atoms with E-state index in [0.29, 0.717) is 18.4 Å². The predicted octanol–water partition coefficient (Wildman–Crippen LogP) is 4.99. The lowest BCUT2D eigenvalue weighted by molar-refractivity contribution is 0.188. The first-order valence-electron chi connectivity index (χ1n) is 12.6. The molecule has 1 saturated carbocycles. The van der Waals surface area contributed by atoms with Crippen LogP contribution in [0.2, 0.25) is 0 Å². The summed E-state index contributed by atoms with van der Waals surface area (Å²) in [5.74, 6) is 3.20. The second kappa shape index (κ2) is 9.88. The number of rotatable bonds is 8. The molecule has 0 spiro atoms. The Kier molecular flexibility index (Phi) is 6.70. The quantitative estimate of drug-likeness (QED) is 0.512. The van der Waals surface area contributed by atoms with E-state index in [4.69, 9.17) is 20.4 Å². The number of ether oxygens (including phenoxy) is 1. The third kappa shape index (κ3) is 4.75. The van der Waals surface area contributed by atoms with Gasteiger partial charge in [0.05, 0.1) is 5.52 Å². The van der Waals surface area contributed by atoms with Gasteiger partial charge in [0.25, 0.3) is 0 Å². The van der Waals surface area contributed by atoms with Gasteiger partial charge in [-0.05, 0) is 67.3 Å². The lowest BCUT2D eigenvalue weighted by atomic mass is 9.88. The number of hydrogen-bond donors (Lipinski definition) is 1. The molecule has 2 aromatic carbocycles. The smallest absolute Gasteiger partial charge is 0.140 e. The summed E-state index contributed by atoms with van der Waals surface area (Å²) in [4.78, 5) is 14.8. The largest absolute Gasteiger partial charge is 0.385 e. The molecule has 3 aromatic rings. The molecule has 1 aliphatic heterocycles. The van der Waals surface area contributed by atoms with E-state index in [1.54, 1.807) is 7.11 Å². The van der Waals surface area contributed by atoms with E-state index >= 15 is 0 Å². The number of piperidine rings is 1. The van der Waals surface area contributed by atoms with E-state index < -0.39 is 0 Å². The van der Waals surface area contributed by atoms with Gasteiger partial charge in [-0.2, -0.15) is 0 Å². The topological polar surface area (TPSA) is 67.5 Å². The fourth-order valence-electron chi connectivity index (χ4n) is 5.20. The highest BCUT2D eigenvalue weighted by molar-refractivity contribution is 5.90. The molecule has 2 N–H and O–H groups in total. The van der Waals surface area contributed by atoms with Crippen molar-refractivity contribution in [3.05, 3.63) is 59.4 Å². The van der Waals surface area contributed by atoms with Gasteiger partial charge in [0, 0.05) is 63.9 Å². The minimum absolute atomic E-state index is 0.0476. The van der Waals surface area contributed by atoms with Crippen LogP contribution >= 0.6 is 0 Å². The zero-order valence-corrected chi connectivity index (χ0v) is 20.7. The molecule has 0 radical (unpaired) electrons. The number of nitrogens with two attached hydrogens (primary N) is 1. The summed E-state index contributed by atoms with van der Waals surface area (Å²) in [6.45, 7) is 2.66. The van der Waals surface area contributed by atoms with Crippen LogP contribution < -0.4 is 15.5 Å². The molecule has 34 heavy (non-hydrogen) atoms. The number of methoxy groups -OCH3 is 1. The maximum Gasteiger partial charge on any atom is 0.140 e. The number of benzene rings is 2. The fourth-order valence-corrected chi connectivity index (χ4v) is 5.20. The molecule has 2 aliphatic rings. The fraction of sp³-hybridized carbons (Fsp3) is 0.500. The molecule has 1 aliphatic carbocycles. The SMILES string of the molecule is COCCC(N)c1ccc2nc(C3CC3)nc(N3CCC(c4ccccc4N(C)C)CC3)c2c1. The monoisotopic (exact) mass is 459 g/mol. The third-order valence-corrected chi connectivity index (χ3v) is 7.37. The van der Waals surface area contributed by atoms with Crippen LogP contribution in [0, 0.1) is 0 Å². The summed E-state index contributed by atoms with van der Waals surface area (Å²) < 4.78 is 5.24. The van der Waals surface area contributed by atoms with Crippen molar-refractivity contribution in [3.8, 4) is 0 Å². The number of aromatic nitrogens is 2. The Balaban J connectivity index is 1.43. The van der Waals surface area contributed by atoms with Crippen molar-refractivity contribution in [2.75, 3.05) is 50.7 Å². The van der Waals surface area contributed by atoms with Crippen molar-refractivity contribution < 1.29 is 4.74 Å². The first-order valence-corrected chi connectivity index (χ1v) is 12.6. The van der Waals surface area contributed by atoms with E-state index in [2.05, 4.69) is 66.4 Å². The van der Waals surface area contributed by atoms with Crippen molar-refractivity contribution in [2.24, 2.45) is 5.73 Å². The van der Waals surface area contributed by atoms with E-state index in [-0.39, 0.29) is 6.04 Å². The average molecular weight is 460 g/mol. The van der Waals surface area contributed by atoms with E-state index in [9.17, 15) is 0 Å². The van der Waals surface area contributed by atoms with E-state index in [1.807, 2.05) is 0 Å². The Morgan fingerprint density at radius 3 is 2.50 bits per heavy atom. The Bertz CT molecular complexity index is 1130. The molecule has 2 fully saturated rings. The van der Waals surface area contributed by atoms with E-state index in [1.165, 1.54) is 24.1 Å². The summed E-state index contributed by atoms with van der Waals surface area (Å²) in [6.07, 6.45) is 5.46. The van der Waals surface area contributed by atoms with Crippen LogP contribution in [-0.4, -0.2) is 50.9 Å². The van der Waals surface area contributed by atoms with Crippen molar-refractivity contribution in [2.45, 2.75) is 50.0 Å². The molecule has 1 atom stereocenters. The predicted molar refractivity (Wildman–Crippen MR) is 140 cm³/mol. The molecule has 5 rings (SSSR count). The molecule has 1 saturated heterocycles. The zero-order chi connectivity index (χ0) is 23.7. The van der Waals surface area contributed by atoms with Gasteiger partial charge in [-0.25, -0.2) is 9.97 Å². The van der Waals surface area contributed by atoms with Crippen LogP contribution in [0.3, 0.4) is 0 Å². The molecule has 180 valence electrons. The normalized spacial score (nSPS) is 17.8. The number of anilines is 2. The van der Waals surface area contributed by atoms with Crippen LogP contribution in [0.15, 0.2) is 42.5 Å². The number of para-hydroxylation sites is 1. The van der Waals surface area contributed by atoms with Crippen LogP contribution in [0.25, 0.3) is 10.9 Å². The minimum Gasteiger partial charge on any atom is -0.385 e. The van der Waals surface area contributed by atoms with Crippen molar-refractivity contribution in [1.29, 1.82) is 0 Å². The Hall–Kier alpha value is -2.70. The molecule has 6 heteroatoms. The van der Waals surface area contributed by atoms with Gasteiger partial charge in [0.15, 0.2) is 0 Å². The van der Waals surface area contributed by atoms with Crippen LogP contribution in [0.5, 0.6) is 0 Å². The van der Waals surface area contributed by atoms with Gasteiger partial charge in [-0.3, -0.25) is 0 Å². The molecule has 0 amide bonds. The van der Waals surface area contributed by atoms with Gasteiger partial charge in [0.1, 0.15) is 11.6 Å². The van der Waals surface area contributed by atoms with Gasteiger partial charge in [-0.1, -0.05) is 24.3 Å². The van der Waals surface area contributed by atoms with Gasteiger partial charge < -0.3 is 20.3 Å². The lowest BCUT2D eigenvalue weighted by Gasteiger charge is -2.35. The first-order chi connectivity index (χ1) is 16.5. The maximum atomic E-state index is 6.47. The highest BCUT2D eigenvalue weighted by Gasteiger charge is 2.30. The second-order valence-electron chi connectivity index (χ2n) is 10.1. The standard InChI is InChI=1S/C28H37N5O/c1-32(2)26-7-5-4-6-22(26)19-12-15-33(16-13-19)28-23-18-21(24(29)14-17-34-3)10-11-25(23)30-27(31-28)20-8-9-20/h4-7,10-11,18-20,24H,8-9,12-17,29H2,1-3H3. The number of nitrogens with zero attached hydrogens (tertiary/aromatic N) is 4. The molecule has 2 heterocycles. The van der Waals surface area contributed by atoms with Crippen molar-refractivity contribution in [1.82, 2.24) is 9.97 Å². The highest BCUT2D eigenvalue weighted by Crippen LogP contribution is 2.41. The summed E-state index contributed by atoms with van der Waals surface area (Å²) >= 11 is 0. The molecule has 6 nitrogen and oxygen atoms in total. The number of hydrogen-bond acceptors (Lipinski definition) is 6. The van der Waals surface area contributed by atoms with Crippen LogP contribution in [-0.2, 0) is 4.74 Å². The van der Waals surface area contributed by atoms with Crippen molar-refractivity contribution in [3.63, 3.8) is 0 Å². The van der Waals surface area contributed by atoms with Gasteiger partial charge in [0.2, 0.25) is 0 Å². The van der Waals surface area contributed by atoms with Crippen LogP contribution in [0.4, 0.5) is 11.5 Å². The Labute approximate surface area is 203 Å². The summed E-state index contributed by atoms with van der Waals surface area (Å²) in [5, 5.41) is 1.13.